The molecule has 2 aromatic rings. The molecule has 0 aromatic heterocycles. The quantitative estimate of drug-likeness (QED) is 0.481. The molecule has 0 heterocycles. The Hall–Kier alpha value is -2.04. The minimum absolute atomic E-state index is 0.184. The highest BCUT2D eigenvalue weighted by Gasteiger charge is 2.32. The van der Waals surface area contributed by atoms with Crippen molar-refractivity contribution in [2.24, 2.45) is 5.41 Å². The zero-order chi connectivity index (χ0) is 23.4. The first-order valence-electron chi connectivity index (χ1n) is 10.8. The van der Waals surface area contributed by atoms with Crippen molar-refractivity contribution in [3.8, 4) is 5.75 Å². The van der Waals surface area contributed by atoms with Gasteiger partial charge in [-0.3, -0.25) is 0 Å². The molecular formula is C26H35ClO4. The van der Waals surface area contributed by atoms with Crippen LogP contribution in [0.25, 0.3) is 0 Å². The predicted molar refractivity (Wildman–Crippen MR) is 126 cm³/mol. The van der Waals surface area contributed by atoms with Crippen LogP contribution in [-0.2, 0) is 10.2 Å². The van der Waals surface area contributed by atoms with E-state index in [-0.39, 0.29) is 23.4 Å². The van der Waals surface area contributed by atoms with Crippen LogP contribution >= 0.6 is 11.6 Å². The van der Waals surface area contributed by atoms with Crippen LogP contribution in [-0.4, -0.2) is 30.9 Å². The number of ether oxygens (including phenoxy) is 2. The Bertz CT molecular complexity index is 910. The highest BCUT2D eigenvalue weighted by molar-refractivity contribution is 6.32. The van der Waals surface area contributed by atoms with E-state index in [1.54, 1.807) is 0 Å². The largest absolute Gasteiger partial charge is 0.489 e. The summed E-state index contributed by atoms with van der Waals surface area (Å²) in [5.41, 5.74) is 3.18. The van der Waals surface area contributed by atoms with Crippen molar-refractivity contribution in [1.82, 2.24) is 0 Å². The van der Waals surface area contributed by atoms with Crippen molar-refractivity contribution in [2.75, 3.05) is 13.7 Å². The van der Waals surface area contributed by atoms with Gasteiger partial charge in [-0.2, -0.15) is 0 Å². The molecule has 0 bridgehead atoms. The highest BCUT2D eigenvalue weighted by atomic mass is 35.5. The van der Waals surface area contributed by atoms with Gasteiger partial charge in [0.05, 0.1) is 23.8 Å². The summed E-state index contributed by atoms with van der Waals surface area (Å²) in [5.74, 6) is 0.233. The van der Waals surface area contributed by atoms with Crippen molar-refractivity contribution in [3.05, 3.63) is 63.7 Å². The molecule has 170 valence electrons. The molecule has 0 spiro atoms. The minimum Gasteiger partial charge on any atom is -0.489 e. The normalized spacial score (nSPS) is 13.1. The monoisotopic (exact) mass is 446 g/mol. The van der Waals surface area contributed by atoms with Gasteiger partial charge in [-0.05, 0) is 60.1 Å². The first kappa shape index (κ1) is 25.2. The van der Waals surface area contributed by atoms with Gasteiger partial charge >= 0.3 is 5.97 Å². The van der Waals surface area contributed by atoms with Crippen molar-refractivity contribution < 1.29 is 19.4 Å². The van der Waals surface area contributed by atoms with E-state index in [2.05, 4.69) is 19.9 Å². The smallest absolute Gasteiger partial charge is 0.338 e. The van der Waals surface area contributed by atoms with Gasteiger partial charge in [0, 0.05) is 5.41 Å². The molecule has 1 unspecified atom stereocenters. The lowest BCUT2D eigenvalue weighted by atomic mass is 9.70. The summed E-state index contributed by atoms with van der Waals surface area (Å²) in [4.78, 5) is 12.0. The van der Waals surface area contributed by atoms with Gasteiger partial charge in [0.1, 0.15) is 12.4 Å². The van der Waals surface area contributed by atoms with Gasteiger partial charge in [-0.25, -0.2) is 4.79 Å². The molecule has 1 N–H and O–H groups in total. The number of hydrogen-bond donors (Lipinski definition) is 1. The number of hydrogen-bond acceptors (Lipinski definition) is 4. The SMILES string of the molecule is CCC(CC)(c1ccc(C(=O)OC)c(C)c1)c1ccc(OCC(O)C(C)(C)C)c(Cl)c1. The second kappa shape index (κ2) is 10.1. The summed E-state index contributed by atoms with van der Waals surface area (Å²) in [5, 5.41) is 10.8. The molecule has 5 heteroatoms. The van der Waals surface area contributed by atoms with Gasteiger partial charge in [-0.1, -0.05) is 64.4 Å². The highest BCUT2D eigenvalue weighted by Crippen LogP contribution is 2.42. The van der Waals surface area contributed by atoms with Crippen molar-refractivity contribution in [3.63, 3.8) is 0 Å². The maximum absolute atomic E-state index is 12.0. The molecule has 0 radical (unpaired) electrons. The Balaban J connectivity index is 2.40. The van der Waals surface area contributed by atoms with E-state index in [0.717, 1.165) is 29.5 Å². The first-order valence-corrected chi connectivity index (χ1v) is 11.2. The van der Waals surface area contributed by atoms with Gasteiger partial charge in [0.25, 0.3) is 0 Å². The fourth-order valence-corrected chi connectivity index (χ4v) is 4.10. The lowest BCUT2D eigenvalue weighted by Crippen LogP contribution is -2.32. The number of rotatable bonds is 8. The van der Waals surface area contributed by atoms with Gasteiger partial charge < -0.3 is 14.6 Å². The van der Waals surface area contributed by atoms with Crippen LogP contribution in [0.1, 0.15) is 74.5 Å². The Morgan fingerprint density at radius 3 is 2.13 bits per heavy atom. The van der Waals surface area contributed by atoms with Crippen LogP contribution in [0.3, 0.4) is 0 Å². The number of esters is 1. The summed E-state index contributed by atoms with van der Waals surface area (Å²) in [6.07, 6.45) is 1.16. The van der Waals surface area contributed by atoms with Crippen LogP contribution in [0, 0.1) is 12.3 Å². The van der Waals surface area contributed by atoms with Crippen molar-refractivity contribution in [1.29, 1.82) is 0 Å². The van der Waals surface area contributed by atoms with Crippen molar-refractivity contribution in [2.45, 2.75) is 65.9 Å². The number of carbonyl (C=O) groups is 1. The van der Waals surface area contributed by atoms with Gasteiger partial charge in [0.15, 0.2) is 0 Å². The Morgan fingerprint density at radius 2 is 1.65 bits per heavy atom. The van der Waals surface area contributed by atoms with E-state index in [0.29, 0.717) is 16.3 Å². The summed E-state index contributed by atoms with van der Waals surface area (Å²) >= 11 is 6.58. The van der Waals surface area contributed by atoms with Crippen LogP contribution < -0.4 is 4.74 Å². The molecule has 4 nitrogen and oxygen atoms in total. The van der Waals surface area contributed by atoms with E-state index < -0.39 is 6.10 Å². The van der Waals surface area contributed by atoms with E-state index >= 15 is 0 Å². The molecule has 0 aliphatic heterocycles. The molecule has 1 atom stereocenters. The number of methoxy groups -OCH3 is 1. The summed E-state index contributed by atoms with van der Waals surface area (Å²) in [6, 6.07) is 11.8. The topological polar surface area (TPSA) is 55.8 Å². The van der Waals surface area contributed by atoms with E-state index in [1.165, 1.54) is 7.11 Å². The molecule has 0 saturated carbocycles. The summed E-state index contributed by atoms with van der Waals surface area (Å²) < 4.78 is 10.7. The maximum Gasteiger partial charge on any atom is 0.338 e. The average Bonchev–Trinajstić information content (AvgIpc) is 2.73. The second-order valence-electron chi connectivity index (χ2n) is 9.15. The van der Waals surface area contributed by atoms with E-state index in [9.17, 15) is 9.90 Å². The molecule has 2 aromatic carbocycles. The molecule has 0 aliphatic carbocycles. The first-order chi connectivity index (χ1) is 14.5. The fourth-order valence-electron chi connectivity index (χ4n) is 3.87. The Morgan fingerprint density at radius 1 is 1.06 bits per heavy atom. The maximum atomic E-state index is 12.0. The molecule has 31 heavy (non-hydrogen) atoms. The molecule has 0 amide bonds. The molecule has 0 aliphatic rings. The van der Waals surface area contributed by atoms with Crippen molar-refractivity contribution >= 4 is 17.6 Å². The lowest BCUT2D eigenvalue weighted by molar-refractivity contribution is 0.0218. The van der Waals surface area contributed by atoms with Crippen LogP contribution in [0.5, 0.6) is 5.75 Å². The third kappa shape index (κ3) is 5.42. The number of benzene rings is 2. The van der Waals surface area contributed by atoms with Crippen LogP contribution in [0.2, 0.25) is 5.02 Å². The minimum atomic E-state index is -0.593. The Kier molecular flexibility index (Phi) is 8.18. The standard InChI is InChI=1S/C26H35ClO4/c1-8-26(9-2,18-10-12-20(17(3)14-18)24(29)30-7)19-11-13-22(21(27)15-19)31-16-23(28)25(4,5)6/h10-15,23,28H,8-9,16H2,1-7H3. The van der Waals surface area contributed by atoms with E-state index in [1.807, 2.05) is 58.0 Å². The molecule has 0 fully saturated rings. The lowest BCUT2D eigenvalue weighted by Gasteiger charge is -2.34. The van der Waals surface area contributed by atoms with Gasteiger partial charge in [-0.15, -0.1) is 0 Å². The van der Waals surface area contributed by atoms with Gasteiger partial charge in [0.2, 0.25) is 0 Å². The summed E-state index contributed by atoms with van der Waals surface area (Å²) in [6.45, 7) is 12.3. The third-order valence-corrected chi connectivity index (χ3v) is 6.57. The predicted octanol–water partition coefficient (Wildman–Crippen LogP) is 6.33. The Labute approximate surface area is 191 Å². The van der Waals surface area contributed by atoms with E-state index in [4.69, 9.17) is 21.1 Å². The molecule has 0 saturated heterocycles. The summed E-state index contributed by atoms with van der Waals surface area (Å²) in [7, 11) is 1.39. The second-order valence-corrected chi connectivity index (χ2v) is 9.56. The third-order valence-electron chi connectivity index (χ3n) is 6.27. The molecular weight excluding hydrogens is 412 g/mol. The van der Waals surface area contributed by atoms with Crippen LogP contribution in [0.4, 0.5) is 0 Å². The number of aryl methyl sites for hydroxylation is 1. The zero-order valence-corrected chi connectivity index (χ0v) is 20.5. The average molecular weight is 447 g/mol. The number of aliphatic hydroxyl groups excluding tert-OH is 1. The molecule has 2 rings (SSSR count). The zero-order valence-electron chi connectivity index (χ0n) is 19.7. The number of halogens is 1. The van der Waals surface area contributed by atoms with Crippen LogP contribution in [0.15, 0.2) is 36.4 Å². The fraction of sp³-hybridized carbons (Fsp3) is 0.500. The number of aliphatic hydroxyl groups is 1. The number of carbonyl (C=O) groups excluding carboxylic acids is 1.